The molecule has 0 radical (unpaired) electrons. The number of carbonyl (C=O) groups excluding carboxylic acids is 2. The predicted molar refractivity (Wildman–Crippen MR) is 114 cm³/mol. The molecule has 0 aliphatic heterocycles. The molecule has 4 aliphatic rings. The number of nitrogens with zero attached hydrogens (tertiary/aromatic N) is 1. The van der Waals surface area contributed by atoms with Crippen LogP contribution in [0.25, 0.3) is 0 Å². The maximum absolute atomic E-state index is 13.4. The smallest absolute Gasteiger partial charge is 0.251 e. The van der Waals surface area contributed by atoms with Crippen molar-refractivity contribution in [1.29, 1.82) is 0 Å². The Balaban J connectivity index is 1.43. The molecule has 4 aliphatic carbocycles. The van der Waals surface area contributed by atoms with E-state index in [1.54, 1.807) is 30.5 Å². The van der Waals surface area contributed by atoms with Crippen molar-refractivity contribution in [2.45, 2.75) is 44.6 Å². The average molecular weight is 430 g/mol. The molecule has 0 saturated heterocycles. The van der Waals surface area contributed by atoms with Crippen molar-refractivity contribution >= 4 is 39.9 Å². The highest BCUT2D eigenvalue weighted by Crippen LogP contribution is 2.61. The van der Waals surface area contributed by atoms with Crippen LogP contribution in [0.4, 0.5) is 5.13 Å². The Bertz CT molecular complexity index is 877. The molecule has 5 nitrogen and oxygen atoms in total. The van der Waals surface area contributed by atoms with Crippen molar-refractivity contribution in [2.24, 2.45) is 23.2 Å². The summed E-state index contributed by atoms with van der Waals surface area (Å²) in [6.45, 7) is 0. The van der Waals surface area contributed by atoms with Crippen LogP contribution in [-0.4, -0.2) is 22.8 Å². The summed E-state index contributed by atoms with van der Waals surface area (Å²) in [4.78, 5) is 30.6. The van der Waals surface area contributed by atoms with Crippen molar-refractivity contribution in [1.82, 2.24) is 10.3 Å². The van der Waals surface area contributed by atoms with E-state index in [2.05, 4.69) is 15.6 Å². The van der Waals surface area contributed by atoms with E-state index >= 15 is 0 Å². The van der Waals surface area contributed by atoms with Crippen LogP contribution in [0, 0.1) is 23.2 Å². The lowest BCUT2D eigenvalue weighted by Crippen LogP contribution is -2.61. The number of anilines is 1. The van der Waals surface area contributed by atoms with Gasteiger partial charge in [0.25, 0.3) is 5.91 Å². The summed E-state index contributed by atoms with van der Waals surface area (Å²) in [5, 5.41) is 9.04. The van der Waals surface area contributed by atoms with Gasteiger partial charge in [0.05, 0.1) is 0 Å². The molecule has 29 heavy (non-hydrogen) atoms. The zero-order valence-corrected chi connectivity index (χ0v) is 17.6. The lowest BCUT2D eigenvalue weighted by Gasteiger charge is -2.58. The fourth-order valence-electron chi connectivity index (χ4n) is 6.31. The minimum Gasteiger partial charge on any atom is -0.340 e. The van der Waals surface area contributed by atoms with Gasteiger partial charge in [0.15, 0.2) is 5.13 Å². The second-order valence-corrected chi connectivity index (χ2v) is 10.4. The molecule has 1 aromatic heterocycles. The number of nitrogens with one attached hydrogen (secondary N) is 2. The van der Waals surface area contributed by atoms with E-state index in [0.29, 0.717) is 33.5 Å². The first-order valence-electron chi connectivity index (χ1n) is 10.3. The highest BCUT2D eigenvalue weighted by molar-refractivity contribution is 7.13. The molecule has 1 heterocycles. The van der Waals surface area contributed by atoms with E-state index in [-0.39, 0.29) is 17.2 Å². The molecular weight excluding hydrogens is 406 g/mol. The lowest BCUT2D eigenvalue weighted by atomic mass is 9.47. The van der Waals surface area contributed by atoms with Crippen LogP contribution >= 0.6 is 22.9 Å². The van der Waals surface area contributed by atoms with Gasteiger partial charge in [-0.1, -0.05) is 11.6 Å². The first kappa shape index (κ1) is 19.1. The van der Waals surface area contributed by atoms with Gasteiger partial charge in [-0.25, -0.2) is 4.98 Å². The highest BCUT2D eigenvalue weighted by atomic mass is 35.5. The zero-order valence-electron chi connectivity index (χ0n) is 16.1. The second-order valence-electron chi connectivity index (χ2n) is 9.02. The quantitative estimate of drug-likeness (QED) is 0.720. The fourth-order valence-corrected chi connectivity index (χ4v) is 6.96. The fraction of sp³-hybridized carbons (Fsp3) is 0.500. The van der Waals surface area contributed by atoms with Crippen molar-refractivity contribution in [2.75, 3.05) is 5.32 Å². The van der Waals surface area contributed by atoms with Crippen molar-refractivity contribution in [3.8, 4) is 0 Å². The zero-order chi connectivity index (χ0) is 20.0. The number of thiazole rings is 1. The van der Waals surface area contributed by atoms with Crippen LogP contribution in [0.3, 0.4) is 0 Å². The summed E-state index contributed by atoms with van der Waals surface area (Å²) in [5.41, 5.74) is 0.365. The molecule has 2 amide bonds. The Morgan fingerprint density at radius 2 is 1.69 bits per heavy atom. The Morgan fingerprint density at radius 3 is 2.24 bits per heavy atom. The first-order chi connectivity index (χ1) is 14.0. The molecule has 4 bridgehead atoms. The number of rotatable bonds is 5. The third-order valence-electron chi connectivity index (χ3n) is 7.00. The minimum absolute atomic E-state index is 0.149. The molecule has 4 fully saturated rings. The molecule has 0 spiro atoms. The van der Waals surface area contributed by atoms with E-state index < -0.39 is 6.04 Å². The van der Waals surface area contributed by atoms with E-state index in [0.717, 1.165) is 19.3 Å². The molecule has 6 rings (SSSR count). The molecule has 4 saturated carbocycles. The normalized spacial score (nSPS) is 30.7. The van der Waals surface area contributed by atoms with Crippen LogP contribution in [0.15, 0.2) is 35.8 Å². The van der Waals surface area contributed by atoms with E-state index in [4.69, 9.17) is 11.6 Å². The molecule has 2 aromatic rings. The van der Waals surface area contributed by atoms with Gasteiger partial charge in [-0.15, -0.1) is 11.3 Å². The molecular formula is C22H24ClN3O2S. The molecule has 0 unspecified atom stereocenters. The SMILES string of the molecule is O=C(N[C@@H](C(=O)Nc1nccs1)C12CC3CC(CC(C3)C1)C2)c1ccc(Cl)cc1. The summed E-state index contributed by atoms with van der Waals surface area (Å²) >= 11 is 7.35. The third kappa shape index (κ3) is 3.68. The second kappa shape index (κ2) is 7.40. The van der Waals surface area contributed by atoms with Gasteiger partial charge in [-0.3, -0.25) is 9.59 Å². The lowest BCUT2D eigenvalue weighted by molar-refractivity contribution is -0.129. The summed E-state index contributed by atoms with van der Waals surface area (Å²) in [6.07, 6.45) is 8.59. The summed E-state index contributed by atoms with van der Waals surface area (Å²) < 4.78 is 0. The monoisotopic (exact) mass is 429 g/mol. The van der Waals surface area contributed by atoms with Crippen LogP contribution in [0.2, 0.25) is 5.02 Å². The van der Waals surface area contributed by atoms with Gasteiger partial charge in [-0.05, 0) is 80.5 Å². The first-order valence-corrected chi connectivity index (χ1v) is 11.5. The molecule has 7 heteroatoms. The van der Waals surface area contributed by atoms with E-state index in [1.165, 1.54) is 30.6 Å². The summed E-state index contributed by atoms with van der Waals surface area (Å²) in [5.74, 6) is 1.68. The Labute approximate surface area is 179 Å². The number of amides is 2. The summed E-state index contributed by atoms with van der Waals surface area (Å²) in [6, 6.07) is 6.25. The van der Waals surface area contributed by atoms with Gasteiger partial charge < -0.3 is 10.6 Å². The number of benzene rings is 1. The van der Waals surface area contributed by atoms with Gasteiger partial charge >= 0.3 is 0 Å². The number of hydrogen-bond acceptors (Lipinski definition) is 4. The van der Waals surface area contributed by atoms with Crippen molar-refractivity contribution in [3.05, 3.63) is 46.4 Å². The van der Waals surface area contributed by atoms with E-state index in [9.17, 15) is 9.59 Å². The van der Waals surface area contributed by atoms with Crippen LogP contribution in [-0.2, 0) is 4.79 Å². The third-order valence-corrected chi connectivity index (χ3v) is 7.94. The predicted octanol–water partition coefficient (Wildman–Crippen LogP) is 4.75. The number of carbonyl (C=O) groups is 2. The van der Waals surface area contributed by atoms with Crippen molar-refractivity contribution in [3.63, 3.8) is 0 Å². The van der Waals surface area contributed by atoms with Crippen LogP contribution < -0.4 is 10.6 Å². The van der Waals surface area contributed by atoms with Crippen molar-refractivity contribution < 1.29 is 9.59 Å². The van der Waals surface area contributed by atoms with Gasteiger partial charge in [-0.2, -0.15) is 0 Å². The van der Waals surface area contributed by atoms with Crippen LogP contribution in [0.1, 0.15) is 48.9 Å². The molecule has 152 valence electrons. The Hall–Kier alpha value is -1.92. The molecule has 1 atom stereocenters. The number of aromatic nitrogens is 1. The largest absolute Gasteiger partial charge is 0.340 e. The Morgan fingerprint density at radius 1 is 1.07 bits per heavy atom. The minimum atomic E-state index is -0.553. The van der Waals surface area contributed by atoms with E-state index in [1.807, 2.05) is 5.38 Å². The molecule has 1 aromatic carbocycles. The maximum Gasteiger partial charge on any atom is 0.251 e. The van der Waals surface area contributed by atoms with Gasteiger partial charge in [0.2, 0.25) is 5.91 Å². The van der Waals surface area contributed by atoms with Gasteiger partial charge in [0.1, 0.15) is 6.04 Å². The summed E-state index contributed by atoms with van der Waals surface area (Å²) in [7, 11) is 0. The van der Waals surface area contributed by atoms with Gasteiger partial charge in [0, 0.05) is 27.6 Å². The number of hydrogen-bond donors (Lipinski definition) is 2. The maximum atomic E-state index is 13.4. The van der Waals surface area contributed by atoms with Crippen LogP contribution in [0.5, 0.6) is 0 Å². The topological polar surface area (TPSA) is 71.1 Å². The standard InChI is InChI=1S/C22H24ClN3O2S/c23-17-3-1-16(2-4-17)19(27)25-18(20(28)26-21-24-5-6-29-21)22-10-13-7-14(11-22)9-15(8-13)12-22/h1-6,13-15,18H,7-12H2,(H,25,27)(H,24,26,28)/t13?,14?,15?,18-,22?/m0/s1. The average Bonchev–Trinajstić information content (AvgIpc) is 3.18. The Kier molecular flexibility index (Phi) is 4.87. The molecule has 2 N–H and O–H groups in total. The number of halogens is 1. The highest BCUT2D eigenvalue weighted by Gasteiger charge is 2.56.